The third-order valence-electron chi connectivity index (χ3n) is 4.80. The summed E-state index contributed by atoms with van der Waals surface area (Å²) in [5, 5.41) is 3.02. The fourth-order valence-electron chi connectivity index (χ4n) is 3.36. The average molecular weight is 361 g/mol. The molecule has 140 valence electrons. The van der Waals surface area contributed by atoms with Crippen LogP contribution in [-0.4, -0.2) is 22.0 Å². The highest BCUT2D eigenvalue weighted by molar-refractivity contribution is 5.95. The molecule has 0 aliphatic rings. The lowest BCUT2D eigenvalue weighted by Gasteiger charge is -2.08. The van der Waals surface area contributed by atoms with Gasteiger partial charge in [-0.05, 0) is 43.5 Å². The second-order valence-corrected chi connectivity index (χ2v) is 6.80. The third-order valence-corrected chi connectivity index (χ3v) is 4.80. The molecule has 0 bridgehead atoms. The molecule has 1 heterocycles. The number of rotatable bonds is 9. The normalized spacial score (nSPS) is 10.9. The van der Waals surface area contributed by atoms with Crippen molar-refractivity contribution >= 4 is 16.9 Å². The minimum Gasteiger partial charge on any atom is -0.352 e. The summed E-state index contributed by atoms with van der Waals surface area (Å²) in [6.07, 6.45) is 5.94. The number of hydrogen-bond acceptors (Lipinski definition) is 2. The lowest BCUT2D eigenvalue weighted by Crippen LogP contribution is -2.25. The number of fused-ring (bicyclic) bond motifs is 1. The van der Waals surface area contributed by atoms with Gasteiger partial charge in [-0.15, -0.1) is 6.58 Å². The Morgan fingerprint density at radius 2 is 1.89 bits per heavy atom. The van der Waals surface area contributed by atoms with E-state index in [1.165, 1.54) is 0 Å². The number of aryl methyl sites for hydroxylation is 2. The average Bonchev–Trinajstić information content (AvgIpc) is 3.03. The molecular weight excluding hydrogens is 334 g/mol. The first kappa shape index (κ1) is 18.9. The van der Waals surface area contributed by atoms with Crippen LogP contribution >= 0.6 is 0 Å². The molecule has 0 radical (unpaired) electrons. The number of carbonyl (C=O) groups is 1. The van der Waals surface area contributed by atoms with Crippen LogP contribution in [0.1, 0.15) is 41.0 Å². The minimum atomic E-state index is 0.0147. The predicted molar refractivity (Wildman–Crippen MR) is 111 cm³/mol. The first-order chi connectivity index (χ1) is 13.2. The summed E-state index contributed by atoms with van der Waals surface area (Å²) < 4.78 is 2.24. The second kappa shape index (κ2) is 9.17. The van der Waals surface area contributed by atoms with Crippen LogP contribution < -0.4 is 5.32 Å². The van der Waals surface area contributed by atoms with E-state index in [0.29, 0.717) is 6.54 Å². The molecule has 1 amide bonds. The van der Waals surface area contributed by atoms with Crippen molar-refractivity contribution < 1.29 is 4.79 Å². The largest absolute Gasteiger partial charge is 0.352 e. The molecule has 0 saturated carbocycles. The number of hydrogen-bond donors (Lipinski definition) is 1. The smallest absolute Gasteiger partial charge is 0.251 e. The van der Waals surface area contributed by atoms with Crippen molar-refractivity contribution in [3.05, 3.63) is 78.1 Å². The van der Waals surface area contributed by atoms with E-state index in [-0.39, 0.29) is 5.91 Å². The monoisotopic (exact) mass is 361 g/mol. The van der Waals surface area contributed by atoms with Crippen LogP contribution in [0.4, 0.5) is 0 Å². The molecule has 0 unspecified atom stereocenters. The van der Waals surface area contributed by atoms with E-state index in [4.69, 9.17) is 4.98 Å². The Labute approximate surface area is 160 Å². The van der Waals surface area contributed by atoms with Gasteiger partial charge in [0.05, 0.1) is 11.0 Å². The zero-order chi connectivity index (χ0) is 19.1. The summed E-state index contributed by atoms with van der Waals surface area (Å²) in [5.41, 5.74) is 3.98. The maximum Gasteiger partial charge on any atom is 0.251 e. The van der Waals surface area contributed by atoms with Gasteiger partial charge in [0.2, 0.25) is 0 Å². The first-order valence-corrected chi connectivity index (χ1v) is 9.59. The van der Waals surface area contributed by atoms with E-state index in [0.717, 1.165) is 60.2 Å². The van der Waals surface area contributed by atoms with Crippen LogP contribution in [-0.2, 0) is 13.0 Å². The van der Waals surface area contributed by atoms with Gasteiger partial charge >= 0.3 is 0 Å². The Bertz CT molecular complexity index is 926. The second-order valence-electron chi connectivity index (χ2n) is 6.80. The van der Waals surface area contributed by atoms with Crippen molar-refractivity contribution in [2.75, 3.05) is 6.54 Å². The zero-order valence-electron chi connectivity index (χ0n) is 15.9. The molecule has 0 atom stereocenters. The fourth-order valence-corrected chi connectivity index (χ4v) is 3.36. The van der Waals surface area contributed by atoms with Crippen LogP contribution in [0.3, 0.4) is 0 Å². The van der Waals surface area contributed by atoms with Gasteiger partial charge in [-0.1, -0.05) is 42.8 Å². The SMILES string of the molecule is C=CCn1c(CCCCCNC(=O)c2ccccc2C)nc2ccccc21. The molecule has 0 saturated heterocycles. The molecular formula is C23H27N3O. The molecule has 2 aromatic carbocycles. The van der Waals surface area contributed by atoms with Crippen LogP contribution in [0.15, 0.2) is 61.2 Å². The van der Waals surface area contributed by atoms with Crippen molar-refractivity contribution in [2.24, 2.45) is 0 Å². The van der Waals surface area contributed by atoms with E-state index in [1.54, 1.807) is 0 Å². The zero-order valence-corrected chi connectivity index (χ0v) is 15.9. The Morgan fingerprint density at radius 3 is 2.70 bits per heavy atom. The van der Waals surface area contributed by atoms with E-state index in [1.807, 2.05) is 49.4 Å². The van der Waals surface area contributed by atoms with Gasteiger partial charge < -0.3 is 9.88 Å². The highest BCUT2D eigenvalue weighted by atomic mass is 16.1. The van der Waals surface area contributed by atoms with Gasteiger partial charge in [0.25, 0.3) is 5.91 Å². The first-order valence-electron chi connectivity index (χ1n) is 9.59. The van der Waals surface area contributed by atoms with Crippen LogP contribution in [0.25, 0.3) is 11.0 Å². The third kappa shape index (κ3) is 4.64. The van der Waals surface area contributed by atoms with Gasteiger partial charge in [0.15, 0.2) is 0 Å². The quantitative estimate of drug-likeness (QED) is 0.444. The maximum atomic E-state index is 12.2. The summed E-state index contributed by atoms with van der Waals surface area (Å²) in [4.78, 5) is 17.0. The number of benzene rings is 2. The van der Waals surface area contributed by atoms with Gasteiger partial charge in [-0.2, -0.15) is 0 Å². The molecule has 4 heteroatoms. The number of nitrogens with zero attached hydrogens (tertiary/aromatic N) is 2. The number of nitrogens with one attached hydrogen (secondary N) is 1. The van der Waals surface area contributed by atoms with Crippen molar-refractivity contribution in [1.29, 1.82) is 0 Å². The molecule has 3 rings (SSSR count). The minimum absolute atomic E-state index is 0.0147. The van der Waals surface area contributed by atoms with Crippen molar-refractivity contribution in [1.82, 2.24) is 14.9 Å². The molecule has 27 heavy (non-hydrogen) atoms. The molecule has 0 spiro atoms. The van der Waals surface area contributed by atoms with Crippen molar-refractivity contribution in [3.8, 4) is 0 Å². The van der Waals surface area contributed by atoms with E-state index >= 15 is 0 Å². The Morgan fingerprint density at radius 1 is 1.11 bits per heavy atom. The van der Waals surface area contributed by atoms with E-state index in [9.17, 15) is 4.79 Å². The molecule has 0 fully saturated rings. The number of allylic oxidation sites excluding steroid dienone is 1. The lowest BCUT2D eigenvalue weighted by molar-refractivity contribution is 0.0952. The van der Waals surface area contributed by atoms with E-state index < -0.39 is 0 Å². The molecule has 4 nitrogen and oxygen atoms in total. The molecule has 0 aliphatic heterocycles. The molecule has 3 aromatic rings. The number of amides is 1. The molecule has 1 N–H and O–H groups in total. The Balaban J connectivity index is 1.46. The van der Waals surface area contributed by atoms with Gasteiger partial charge in [0, 0.05) is 25.1 Å². The summed E-state index contributed by atoms with van der Waals surface area (Å²) in [7, 11) is 0. The Kier molecular flexibility index (Phi) is 6.42. The highest BCUT2D eigenvalue weighted by Crippen LogP contribution is 2.18. The van der Waals surface area contributed by atoms with E-state index in [2.05, 4.69) is 28.6 Å². The number of imidazole rings is 1. The van der Waals surface area contributed by atoms with Gasteiger partial charge in [-0.3, -0.25) is 4.79 Å². The lowest BCUT2D eigenvalue weighted by atomic mass is 10.1. The van der Waals surface area contributed by atoms with Crippen LogP contribution in [0.2, 0.25) is 0 Å². The van der Waals surface area contributed by atoms with Crippen molar-refractivity contribution in [3.63, 3.8) is 0 Å². The number of para-hydroxylation sites is 2. The highest BCUT2D eigenvalue weighted by Gasteiger charge is 2.09. The Hall–Kier alpha value is -2.88. The maximum absolute atomic E-state index is 12.2. The van der Waals surface area contributed by atoms with Crippen LogP contribution in [0, 0.1) is 6.92 Å². The summed E-state index contributed by atoms with van der Waals surface area (Å²) in [5.74, 6) is 1.13. The summed E-state index contributed by atoms with van der Waals surface area (Å²) in [6.45, 7) is 7.31. The molecule has 0 aliphatic carbocycles. The topological polar surface area (TPSA) is 46.9 Å². The number of aromatic nitrogens is 2. The summed E-state index contributed by atoms with van der Waals surface area (Å²) >= 11 is 0. The number of unbranched alkanes of at least 4 members (excludes halogenated alkanes) is 2. The predicted octanol–water partition coefficient (Wildman–Crippen LogP) is 4.67. The van der Waals surface area contributed by atoms with Crippen molar-refractivity contribution in [2.45, 2.75) is 39.2 Å². The fraction of sp³-hybridized carbons (Fsp3) is 0.304. The van der Waals surface area contributed by atoms with Gasteiger partial charge in [-0.25, -0.2) is 4.98 Å². The standard InChI is InChI=1S/C23H27N3O/c1-3-17-26-21-14-9-8-13-20(21)25-22(26)15-5-4-10-16-24-23(27)19-12-7-6-11-18(19)2/h3,6-9,11-14H,1,4-5,10,15-17H2,2H3,(H,24,27). The number of carbonyl (C=O) groups excluding carboxylic acids is 1. The van der Waals surface area contributed by atoms with Crippen LogP contribution in [0.5, 0.6) is 0 Å². The molecule has 1 aromatic heterocycles. The summed E-state index contributed by atoms with van der Waals surface area (Å²) in [6, 6.07) is 15.9. The van der Waals surface area contributed by atoms with Gasteiger partial charge in [0.1, 0.15) is 5.82 Å².